The average molecular weight is 442 g/mol. The second-order valence-corrected chi connectivity index (χ2v) is 9.00. The molecule has 0 aliphatic heterocycles. The smallest absolute Gasteiger partial charge is 0.262 e. The molecule has 1 aromatic heterocycles. The summed E-state index contributed by atoms with van der Waals surface area (Å²) >= 11 is 7.31. The van der Waals surface area contributed by atoms with E-state index in [1.54, 1.807) is 31.2 Å². The Labute approximate surface area is 185 Å². The number of rotatable bonds is 7. The highest BCUT2D eigenvalue weighted by Gasteiger charge is 2.20. The van der Waals surface area contributed by atoms with E-state index in [0.717, 1.165) is 11.3 Å². The molecule has 0 fully saturated rings. The van der Waals surface area contributed by atoms with Crippen molar-refractivity contribution in [2.24, 2.45) is 0 Å². The quantitative estimate of drug-likeness (QED) is 0.299. The van der Waals surface area contributed by atoms with Crippen LogP contribution in [0.2, 0.25) is 5.02 Å². The Morgan fingerprint density at radius 1 is 1.27 bits per heavy atom. The average Bonchev–Trinajstić information content (AvgIpc) is 2.70. The van der Waals surface area contributed by atoms with Crippen molar-refractivity contribution >= 4 is 45.9 Å². The minimum Gasteiger partial charge on any atom is -0.325 e. The molecule has 1 amide bonds. The fraction of sp³-hybridized carbons (Fsp3) is 0.261. The highest BCUT2D eigenvalue weighted by Crippen LogP contribution is 2.27. The monoisotopic (exact) mass is 441 g/mol. The Hall–Kier alpha value is -2.57. The number of hydrogen-bond acceptors (Lipinski definition) is 4. The molecule has 5 nitrogen and oxygen atoms in total. The summed E-state index contributed by atoms with van der Waals surface area (Å²) in [7, 11) is 0. The summed E-state index contributed by atoms with van der Waals surface area (Å²) in [5.41, 5.74) is 2.20. The number of carbonyl (C=O) groups excluding carboxylic acids is 1. The first kappa shape index (κ1) is 22.1. The van der Waals surface area contributed by atoms with Crippen LogP contribution in [0.5, 0.6) is 0 Å². The maximum Gasteiger partial charge on any atom is 0.262 e. The Morgan fingerprint density at radius 3 is 2.70 bits per heavy atom. The van der Waals surface area contributed by atoms with Crippen molar-refractivity contribution in [1.82, 2.24) is 9.55 Å². The zero-order chi connectivity index (χ0) is 21.8. The molecule has 7 heteroatoms. The number of aromatic nitrogens is 2. The van der Waals surface area contributed by atoms with Gasteiger partial charge in [0.2, 0.25) is 5.91 Å². The molecule has 1 atom stereocenters. The maximum absolute atomic E-state index is 12.9. The van der Waals surface area contributed by atoms with Crippen LogP contribution in [-0.4, -0.2) is 20.7 Å². The summed E-state index contributed by atoms with van der Waals surface area (Å²) in [5, 5.41) is 3.98. The van der Waals surface area contributed by atoms with E-state index in [1.807, 2.05) is 24.3 Å². The molecule has 30 heavy (non-hydrogen) atoms. The first-order valence-electron chi connectivity index (χ1n) is 9.69. The van der Waals surface area contributed by atoms with Gasteiger partial charge in [-0.3, -0.25) is 14.2 Å². The van der Waals surface area contributed by atoms with E-state index in [9.17, 15) is 9.59 Å². The highest BCUT2D eigenvalue weighted by molar-refractivity contribution is 8.00. The van der Waals surface area contributed by atoms with Crippen LogP contribution in [0.3, 0.4) is 0 Å². The second-order valence-electron chi connectivity index (χ2n) is 7.25. The van der Waals surface area contributed by atoms with E-state index in [4.69, 9.17) is 11.6 Å². The molecule has 1 unspecified atom stereocenters. The number of nitrogens with one attached hydrogen (secondary N) is 1. The number of amides is 1. The van der Waals surface area contributed by atoms with Crippen molar-refractivity contribution in [2.75, 3.05) is 5.32 Å². The number of nitrogens with zero attached hydrogens (tertiary/aromatic N) is 2. The molecule has 0 saturated carbocycles. The van der Waals surface area contributed by atoms with Crippen LogP contribution in [0.25, 0.3) is 10.9 Å². The summed E-state index contributed by atoms with van der Waals surface area (Å²) in [5.74, 6) is 0.132. The van der Waals surface area contributed by atoms with Gasteiger partial charge >= 0.3 is 0 Å². The van der Waals surface area contributed by atoms with Gasteiger partial charge in [0.15, 0.2) is 5.16 Å². The van der Waals surface area contributed by atoms with Crippen LogP contribution in [0.4, 0.5) is 5.69 Å². The molecule has 3 rings (SSSR count). The number of benzene rings is 2. The molecule has 0 saturated heterocycles. The maximum atomic E-state index is 12.9. The van der Waals surface area contributed by atoms with Crippen LogP contribution in [-0.2, 0) is 11.3 Å². The van der Waals surface area contributed by atoms with Crippen molar-refractivity contribution in [3.05, 3.63) is 76.1 Å². The minimum absolute atomic E-state index is 0.154. The van der Waals surface area contributed by atoms with Crippen LogP contribution in [0.1, 0.15) is 32.3 Å². The molecule has 0 aliphatic rings. The van der Waals surface area contributed by atoms with Gasteiger partial charge in [0, 0.05) is 17.3 Å². The molecule has 0 aliphatic carbocycles. The molecule has 0 spiro atoms. The van der Waals surface area contributed by atoms with Gasteiger partial charge in [0.1, 0.15) is 0 Å². The number of carbonyl (C=O) groups is 1. The third-order valence-electron chi connectivity index (χ3n) is 4.69. The number of fused-ring (bicyclic) bond motifs is 1. The van der Waals surface area contributed by atoms with Crippen molar-refractivity contribution in [3.8, 4) is 0 Å². The number of hydrogen-bond donors (Lipinski definition) is 1. The first-order valence-corrected chi connectivity index (χ1v) is 10.9. The topological polar surface area (TPSA) is 64.0 Å². The van der Waals surface area contributed by atoms with Gasteiger partial charge in [-0.15, -0.1) is 6.58 Å². The molecule has 2 aromatic carbocycles. The number of anilines is 1. The second kappa shape index (κ2) is 9.49. The molecular weight excluding hydrogens is 418 g/mol. The summed E-state index contributed by atoms with van der Waals surface area (Å²) < 4.78 is 1.53. The van der Waals surface area contributed by atoms with Gasteiger partial charge in [0.05, 0.1) is 16.2 Å². The molecular formula is C23H24ClN3O2S. The standard InChI is InChI=1S/C23H24ClN3O2S/c1-5-12-27-22(29)18-11-10-16(24)13-20(18)26-23(27)30-15(4)21(28)25-19-9-7-6-8-17(19)14(2)3/h5-11,13-15H,1,12H2,2-4H3,(H,25,28). The van der Waals surface area contributed by atoms with Gasteiger partial charge in [0.25, 0.3) is 5.56 Å². The molecule has 1 heterocycles. The van der Waals surface area contributed by atoms with Crippen LogP contribution in [0, 0.1) is 0 Å². The zero-order valence-electron chi connectivity index (χ0n) is 17.2. The Kier molecular flexibility index (Phi) is 7.00. The molecule has 1 N–H and O–H groups in total. The number of para-hydroxylation sites is 1. The van der Waals surface area contributed by atoms with E-state index in [-0.39, 0.29) is 17.4 Å². The van der Waals surface area contributed by atoms with Crippen molar-refractivity contribution < 1.29 is 4.79 Å². The third kappa shape index (κ3) is 4.77. The van der Waals surface area contributed by atoms with Crippen LogP contribution in [0.15, 0.2) is 65.1 Å². The summed E-state index contributed by atoms with van der Waals surface area (Å²) in [4.78, 5) is 30.4. The lowest BCUT2D eigenvalue weighted by molar-refractivity contribution is -0.115. The van der Waals surface area contributed by atoms with Gasteiger partial charge in [-0.2, -0.15) is 0 Å². The molecule has 3 aromatic rings. The van der Waals surface area contributed by atoms with E-state index < -0.39 is 5.25 Å². The predicted molar refractivity (Wildman–Crippen MR) is 126 cm³/mol. The SMILES string of the molecule is C=CCn1c(SC(C)C(=O)Nc2ccccc2C(C)C)nc2cc(Cl)ccc2c1=O. The Balaban J connectivity index is 1.91. The lowest BCUT2D eigenvalue weighted by atomic mass is 10.0. The van der Waals surface area contributed by atoms with E-state index in [2.05, 4.69) is 30.7 Å². The number of halogens is 1. The van der Waals surface area contributed by atoms with E-state index >= 15 is 0 Å². The zero-order valence-corrected chi connectivity index (χ0v) is 18.8. The highest BCUT2D eigenvalue weighted by atomic mass is 35.5. The molecule has 156 valence electrons. The van der Waals surface area contributed by atoms with Gasteiger partial charge in [-0.05, 0) is 42.7 Å². The predicted octanol–water partition coefficient (Wildman–Crippen LogP) is 5.48. The third-order valence-corrected chi connectivity index (χ3v) is 6.01. The Morgan fingerprint density at radius 2 is 2.00 bits per heavy atom. The fourth-order valence-electron chi connectivity index (χ4n) is 3.11. The van der Waals surface area contributed by atoms with Gasteiger partial charge in [-0.25, -0.2) is 4.98 Å². The fourth-order valence-corrected chi connectivity index (χ4v) is 4.20. The largest absolute Gasteiger partial charge is 0.325 e. The minimum atomic E-state index is -0.468. The molecule has 0 radical (unpaired) electrons. The van der Waals surface area contributed by atoms with Crippen LogP contribution >= 0.6 is 23.4 Å². The first-order chi connectivity index (χ1) is 14.3. The van der Waals surface area contributed by atoms with Crippen molar-refractivity contribution in [2.45, 2.75) is 43.6 Å². The van der Waals surface area contributed by atoms with Gasteiger partial charge < -0.3 is 5.32 Å². The number of thioether (sulfide) groups is 1. The van der Waals surface area contributed by atoms with Crippen molar-refractivity contribution in [3.63, 3.8) is 0 Å². The van der Waals surface area contributed by atoms with E-state index in [1.165, 1.54) is 16.3 Å². The van der Waals surface area contributed by atoms with E-state index in [0.29, 0.717) is 27.6 Å². The van der Waals surface area contributed by atoms with Crippen molar-refractivity contribution in [1.29, 1.82) is 0 Å². The van der Waals surface area contributed by atoms with Crippen LogP contribution < -0.4 is 10.9 Å². The number of allylic oxidation sites excluding steroid dienone is 1. The Bertz CT molecular complexity index is 1160. The lowest BCUT2D eigenvalue weighted by Crippen LogP contribution is -2.27. The summed E-state index contributed by atoms with van der Waals surface area (Å²) in [6.45, 7) is 10.00. The summed E-state index contributed by atoms with van der Waals surface area (Å²) in [6.07, 6.45) is 1.64. The normalized spacial score (nSPS) is 12.2. The lowest BCUT2D eigenvalue weighted by Gasteiger charge is -2.18. The summed E-state index contributed by atoms with van der Waals surface area (Å²) in [6, 6.07) is 12.8. The molecule has 0 bridgehead atoms. The van der Waals surface area contributed by atoms with Gasteiger partial charge in [-0.1, -0.05) is 61.5 Å².